The predicted molar refractivity (Wildman–Crippen MR) is 159 cm³/mol. The molecule has 0 amide bonds. The van der Waals surface area contributed by atoms with Crippen molar-refractivity contribution in [3.8, 4) is 0 Å². The van der Waals surface area contributed by atoms with Gasteiger partial charge in [-0.1, -0.05) is 30.3 Å². The Bertz CT molecular complexity index is 1680. The number of piperazine rings is 1. The van der Waals surface area contributed by atoms with E-state index in [0.717, 1.165) is 44.1 Å². The van der Waals surface area contributed by atoms with Crippen LogP contribution in [0.3, 0.4) is 0 Å². The van der Waals surface area contributed by atoms with E-state index < -0.39 is 6.04 Å². The van der Waals surface area contributed by atoms with Crippen LogP contribution in [0.2, 0.25) is 0 Å². The molecule has 1 unspecified atom stereocenters. The first kappa shape index (κ1) is 27.7. The number of hydrogen-bond acceptors (Lipinski definition) is 8. The third-order valence-electron chi connectivity index (χ3n) is 8.18. The number of halogens is 1. The zero-order valence-electron chi connectivity index (χ0n) is 23.6. The highest BCUT2D eigenvalue weighted by molar-refractivity contribution is 6.03. The number of pyridine rings is 1. The van der Waals surface area contributed by atoms with E-state index in [4.69, 9.17) is 0 Å². The summed E-state index contributed by atoms with van der Waals surface area (Å²) in [6, 6.07) is 16.5. The van der Waals surface area contributed by atoms with E-state index in [1.54, 1.807) is 19.1 Å². The van der Waals surface area contributed by atoms with Crippen LogP contribution in [-0.4, -0.2) is 57.2 Å². The highest BCUT2D eigenvalue weighted by atomic mass is 19.1. The van der Waals surface area contributed by atoms with Crippen molar-refractivity contribution in [2.75, 3.05) is 36.4 Å². The van der Waals surface area contributed by atoms with Crippen LogP contribution < -0.4 is 15.8 Å². The normalized spacial score (nSPS) is 18.0. The molecule has 2 fully saturated rings. The maximum absolute atomic E-state index is 13.7. The molecule has 0 radical (unpaired) electrons. The molecule has 9 nitrogen and oxygen atoms in total. The molecule has 2 aromatic heterocycles. The first-order chi connectivity index (χ1) is 20.4. The number of nitrogens with one attached hydrogen (secondary N) is 1. The molecule has 10 heteroatoms. The minimum Gasteiger partial charge on any atom is -0.380 e. The lowest BCUT2D eigenvalue weighted by atomic mass is 9.92. The molecule has 2 aliphatic rings. The van der Waals surface area contributed by atoms with Gasteiger partial charge in [-0.05, 0) is 48.7 Å². The number of fused-ring (bicyclic) bond motifs is 1. The van der Waals surface area contributed by atoms with Gasteiger partial charge in [-0.2, -0.15) is 0 Å². The summed E-state index contributed by atoms with van der Waals surface area (Å²) in [4.78, 5) is 51.5. The molecule has 3 heterocycles. The molecule has 1 saturated carbocycles. The summed E-state index contributed by atoms with van der Waals surface area (Å²) >= 11 is 0. The van der Waals surface area contributed by atoms with Crippen molar-refractivity contribution in [1.29, 1.82) is 0 Å². The maximum Gasteiger partial charge on any atom is 0.264 e. The predicted octanol–water partition coefficient (Wildman–Crippen LogP) is 4.04. The van der Waals surface area contributed by atoms with Crippen molar-refractivity contribution in [3.05, 3.63) is 93.9 Å². The Kier molecular flexibility index (Phi) is 7.80. The number of hydrogen-bond donors (Lipinski definition) is 1. The quantitative estimate of drug-likeness (QED) is 0.334. The van der Waals surface area contributed by atoms with Crippen LogP contribution in [-0.2, 0) is 22.7 Å². The second kappa shape index (κ2) is 11.8. The summed E-state index contributed by atoms with van der Waals surface area (Å²) < 4.78 is 14.7. The molecule has 42 heavy (non-hydrogen) atoms. The van der Waals surface area contributed by atoms with E-state index in [2.05, 4.69) is 49.4 Å². The van der Waals surface area contributed by atoms with Gasteiger partial charge in [-0.25, -0.2) is 14.4 Å². The van der Waals surface area contributed by atoms with Crippen molar-refractivity contribution >= 4 is 34.0 Å². The molecule has 216 valence electrons. The van der Waals surface area contributed by atoms with Crippen LogP contribution in [0.5, 0.6) is 0 Å². The van der Waals surface area contributed by atoms with Crippen molar-refractivity contribution < 1.29 is 14.0 Å². The Labute approximate surface area is 243 Å². The monoisotopic (exact) mass is 568 g/mol. The van der Waals surface area contributed by atoms with Gasteiger partial charge in [0.05, 0.1) is 29.6 Å². The van der Waals surface area contributed by atoms with Gasteiger partial charge in [0.25, 0.3) is 5.56 Å². The molecule has 1 aliphatic heterocycles. The topological polar surface area (TPSA) is 100 Å². The van der Waals surface area contributed by atoms with E-state index in [9.17, 15) is 18.8 Å². The fourth-order valence-electron chi connectivity index (χ4n) is 5.91. The number of ketones is 2. The highest BCUT2D eigenvalue weighted by Crippen LogP contribution is 2.26. The number of carbonyl (C=O) groups excluding carboxylic acids is 2. The zero-order valence-corrected chi connectivity index (χ0v) is 23.6. The Balaban J connectivity index is 1.11. The van der Waals surface area contributed by atoms with Crippen LogP contribution in [0, 0.1) is 12.7 Å². The number of aryl methyl sites for hydroxylation is 1. The van der Waals surface area contributed by atoms with E-state index in [1.165, 1.54) is 22.4 Å². The first-order valence-corrected chi connectivity index (χ1v) is 14.3. The highest BCUT2D eigenvalue weighted by Gasteiger charge is 2.31. The number of carbonyl (C=O) groups is 2. The molecule has 2 aromatic carbocycles. The fraction of sp³-hybridized carbons (Fsp3) is 0.344. The van der Waals surface area contributed by atoms with Crippen LogP contribution >= 0.6 is 0 Å². The van der Waals surface area contributed by atoms with Gasteiger partial charge in [0, 0.05) is 51.4 Å². The Morgan fingerprint density at radius 2 is 1.71 bits per heavy atom. The second-order valence-corrected chi connectivity index (χ2v) is 11.0. The van der Waals surface area contributed by atoms with Crippen molar-refractivity contribution in [2.24, 2.45) is 0 Å². The minimum atomic E-state index is -0.657. The number of benzene rings is 2. The second-order valence-electron chi connectivity index (χ2n) is 11.0. The molecule has 0 bridgehead atoms. The third-order valence-corrected chi connectivity index (χ3v) is 8.18. The summed E-state index contributed by atoms with van der Waals surface area (Å²) in [5.74, 6) is 0.654. The van der Waals surface area contributed by atoms with Crippen LogP contribution in [0.15, 0.2) is 65.6 Å². The number of rotatable bonds is 7. The van der Waals surface area contributed by atoms with Crippen molar-refractivity contribution in [2.45, 2.75) is 45.3 Å². The smallest absolute Gasteiger partial charge is 0.264 e. The van der Waals surface area contributed by atoms with Gasteiger partial charge < -0.3 is 10.2 Å². The van der Waals surface area contributed by atoms with E-state index in [-0.39, 0.29) is 29.4 Å². The minimum absolute atomic E-state index is 0.0777. The number of nitrogens with zero attached hydrogens (tertiary/aromatic N) is 5. The summed E-state index contributed by atoms with van der Waals surface area (Å²) in [5, 5.41) is 3.84. The van der Waals surface area contributed by atoms with Crippen LogP contribution in [0.4, 0.5) is 15.9 Å². The lowest BCUT2D eigenvalue weighted by Crippen LogP contribution is -2.46. The molecular weight excluding hydrogens is 535 g/mol. The Morgan fingerprint density at radius 1 is 0.952 bits per heavy atom. The van der Waals surface area contributed by atoms with Crippen molar-refractivity contribution in [1.82, 2.24) is 19.4 Å². The maximum atomic E-state index is 13.7. The largest absolute Gasteiger partial charge is 0.380 e. The molecule has 0 spiro atoms. The summed E-state index contributed by atoms with van der Waals surface area (Å²) in [6.45, 7) is 6.58. The Morgan fingerprint density at radius 3 is 2.43 bits per heavy atom. The van der Waals surface area contributed by atoms with Gasteiger partial charge in [-0.15, -0.1) is 0 Å². The lowest BCUT2D eigenvalue weighted by Gasteiger charge is -2.35. The molecular formula is C32H33FN6O3. The third kappa shape index (κ3) is 5.80. The summed E-state index contributed by atoms with van der Waals surface area (Å²) in [7, 11) is 0. The molecule has 4 aromatic rings. The average molecular weight is 569 g/mol. The summed E-state index contributed by atoms with van der Waals surface area (Å²) in [6.07, 6.45) is 1.75. The van der Waals surface area contributed by atoms with Gasteiger partial charge in [-0.3, -0.25) is 23.9 Å². The molecule has 6 rings (SSSR count). The van der Waals surface area contributed by atoms with E-state index in [1.807, 2.05) is 12.1 Å². The van der Waals surface area contributed by atoms with Crippen LogP contribution in [0.1, 0.15) is 42.3 Å². The van der Waals surface area contributed by atoms with Crippen molar-refractivity contribution in [3.63, 3.8) is 0 Å². The molecule has 1 saturated heterocycles. The van der Waals surface area contributed by atoms with E-state index >= 15 is 0 Å². The average Bonchev–Trinajstić information content (AvgIpc) is 2.98. The van der Waals surface area contributed by atoms with Gasteiger partial charge in [0.2, 0.25) is 0 Å². The number of anilines is 2. The molecule has 1 aliphatic carbocycles. The van der Waals surface area contributed by atoms with Crippen LogP contribution in [0.25, 0.3) is 10.9 Å². The standard InChI is InChI=1S/C32H33FN6O3/c1-21-36-27-4-2-3-26(31(27)32(42)39(21)28-11-10-25(40)17-29(28)41)34-18-22-5-7-23(8-6-22)20-37-13-15-38(16-14-37)30-12-9-24(33)19-35-30/h2-9,12,19,28,34H,10-11,13-18,20H2,1H3. The van der Waals surface area contributed by atoms with Gasteiger partial charge in [0.15, 0.2) is 5.78 Å². The SMILES string of the molecule is Cc1nc2cccc(NCc3ccc(CN4CCN(c5ccc(F)cn5)CC4)cc3)c2c(=O)n1C1CCC(=O)CC1=O. The van der Waals surface area contributed by atoms with Gasteiger partial charge >= 0.3 is 0 Å². The molecule has 1 N–H and O–H groups in total. The Hall–Kier alpha value is -4.44. The summed E-state index contributed by atoms with van der Waals surface area (Å²) in [5.41, 5.74) is 3.26. The molecule has 1 atom stereocenters. The number of Topliss-reactive ketones (excluding diaryl/α,β-unsaturated/α-hetero) is 2. The lowest BCUT2D eigenvalue weighted by molar-refractivity contribution is -0.132. The first-order valence-electron chi connectivity index (χ1n) is 14.3. The van der Waals surface area contributed by atoms with E-state index in [0.29, 0.717) is 41.8 Å². The zero-order chi connectivity index (χ0) is 29.2. The fourth-order valence-corrected chi connectivity index (χ4v) is 5.91. The van der Waals surface area contributed by atoms with Gasteiger partial charge in [0.1, 0.15) is 23.2 Å². The number of aromatic nitrogens is 3.